The van der Waals surface area contributed by atoms with Crippen LogP contribution in [0.3, 0.4) is 0 Å². The van der Waals surface area contributed by atoms with Crippen LogP contribution in [0.4, 0.5) is 0 Å². The molecule has 3 heterocycles. The molecule has 6 heteroatoms. The number of likely N-dealkylation sites (N-methyl/N-ethyl adjacent to an activating group) is 1. The Hall–Kier alpha value is -0.170. The van der Waals surface area contributed by atoms with Crippen LogP contribution in [0.25, 0.3) is 0 Å². The van der Waals surface area contributed by atoms with Gasteiger partial charge in [-0.05, 0) is 71.6 Å². The van der Waals surface area contributed by atoms with Gasteiger partial charge in [0.15, 0.2) is 9.84 Å². The van der Waals surface area contributed by atoms with E-state index in [9.17, 15) is 8.42 Å². The highest BCUT2D eigenvalue weighted by Gasteiger charge is 2.54. The summed E-state index contributed by atoms with van der Waals surface area (Å²) in [6.07, 6.45) is 3.23. The highest BCUT2D eigenvalue weighted by molar-refractivity contribution is 7.92. The lowest BCUT2D eigenvalue weighted by atomic mass is 9.70. The van der Waals surface area contributed by atoms with E-state index >= 15 is 0 Å². The average molecular weight is 373 g/mol. The maximum atomic E-state index is 12.3. The molecule has 3 rings (SSSR count). The molecule has 3 saturated heterocycles. The molecule has 2 atom stereocenters. The first kappa shape index (κ1) is 19.6. The van der Waals surface area contributed by atoms with Crippen LogP contribution >= 0.6 is 0 Å². The number of ether oxygens (including phenoxy) is 1. The number of piperidine rings is 1. The first-order valence-corrected chi connectivity index (χ1v) is 11.6. The van der Waals surface area contributed by atoms with Gasteiger partial charge >= 0.3 is 0 Å². The summed E-state index contributed by atoms with van der Waals surface area (Å²) in [5.74, 6) is 1.01. The van der Waals surface area contributed by atoms with Crippen LogP contribution < -0.4 is 0 Å². The van der Waals surface area contributed by atoms with Gasteiger partial charge < -0.3 is 9.64 Å². The van der Waals surface area contributed by atoms with Crippen molar-refractivity contribution in [1.29, 1.82) is 0 Å². The average Bonchev–Trinajstić information content (AvgIpc) is 3.12. The minimum absolute atomic E-state index is 0.306. The van der Waals surface area contributed by atoms with E-state index in [0.29, 0.717) is 23.1 Å². The van der Waals surface area contributed by atoms with E-state index in [1.165, 1.54) is 19.4 Å². The van der Waals surface area contributed by atoms with Crippen molar-refractivity contribution < 1.29 is 13.2 Å². The molecule has 0 saturated carbocycles. The smallest absolute Gasteiger partial charge is 0.155 e. The Morgan fingerprint density at radius 3 is 2.44 bits per heavy atom. The van der Waals surface area contributed by atoms with Gasteiger partial charge in [0.1, 0.15) is 0 Å². The number of nitrogens with zero attached hydrogens (tertiary/aromatic N) is 2. The van der Waals surface area contributed by atoms with Crippen molar-refractivity contribution in [2.24, 2.45) is 11.3 Å². The molecule has 3 fully saturated rings. The molecule has 1 spiro atoms. The number of rotatable bonds is 5. The van der Waals surface area contributed by atoms with Crippen LogP contribution in [0.1, 0.15) is 47.0 Å². The Kier molecular flexibility index (Phi) is 5.56. The Morgan fingerprint density at radius 2 is 1.84 bits per heavy atom. The zero-order valence-corrected chi connectivity index (χ0v) is 17.3. The maximum absolute atomic E-state index is 12.3. The molecule has 0 aromatic rings. The third kappa shape index (κ3) is 3.78. The Balaban J connectivity index is 1.50. The summed E-state index contributed by atoms with van der Waals surface area (Å²) in [7, 11) is -2.99. The molecule has 0 radical (unpaired) electrons. The fourth-order valence-corrected chi connectivity index (χ4v) is 6.13. The molecular formula is C19H36N2O3S. The number of hydrogen-bond acceptors (Lipinski definition) is 5. The number of sulfone groups is 1. The molecule has 5 nitrogen and oxygen atoms in total. The highest BCUT2D eigenvalue weighted by Crippen LogP contribution is 2.49. The quantitative estimate of drug-likeness (QED) is 0.739. The van der Waals surface area contributed by atoms with Gasteiger partial charge in [0.25, 0.3) is 0 Å². The summed E-state index contributed by atoms with van der Waals surface area (Å²) < 4.78 is 29.7. The molecule has 146 valence electrons. The van der Waals surface area contributed by atoms with Crippen molar-refractivity contribution in [1.82, 2.24) is 9.80 Å². The Bertz CT molecular complexity index is 562. The SMILES string of the molecule is CCN1CC2(CCN(CCCS(=O)(=O)C(C)(C)C)CC2)[C@H]2COC[C@H]21. The van der Waals surface area contributed by atoms with Crippen molar-refractivity contribution in [3.8, 4) is 0 Å². The van der Waals surface area contributed by atoms with E-state index in [2.05, 4.69) is 16.7 Å². The second kappa shape index (κ2) is 7.10. The van der Waals surface area contributed by atoms with E-state index in [-0.39, 0.29) is 0 Å². The van der Waals surface area contributed by atoms with Gasteiger partial charge in [0.2, 0.25) is 0 Å². The molecular weight excluding hydrogens is 336 g/mol. The van der Waals surface area contributed by atoms with Crippen LogP contribution in [0.5, 0.6) is 0 Å². The molecule has 0 aromatic carbocycles. The largest absolute Gasteiger partial charge is 0.379 e. The predicted molar refractivity (Wildman–Crippen MR) is 102 cm³/mol. The van der Waals surface area contributed by atoms with Crippen molar-refractivity contribution in [2.45, 2.75) is 57.7 Å². The molecule has 0 bridgehead atoms. The first-order valence-electron chi connectivity index (χ1n) is 9.95. The minimum atomic E-state index is -2.99. The lowest BCUT2D eigenvalue weighted by Crippen LogP contribution is -2.45. The van der Waals surface area contributed by atoms with Crippen molar-refractivity contribution in [3.05, 3.63) is 0 Å². The molecule has 25 heavy (non-hydrogen) atoms. The van der Waals surface area contributed by atoms with Crippen LogP contribution in [0.15, 0.2) is 0 Å². The van der Waals surface area contributed by atoms with E-state index in [1.54, 1.807) is 20.8 Å². The second-order valence-electron chi connectivity index (χ2n) is 9.26. The molecule has 0 N–H and O–H groups in total. The number of fused-ring (bicyclic) bond motifs is 2. The van der Waals surface area contributed by atoms with E-state index in [1.807, 2.05) is 0 Å². The topological polar surface area (TPSA) is 49.9 Å². The normalized spacial score (nSPS) is 30.9. The number of likely N-dealkylation sites (tertiary alicyclic amines) is 2. The summed E-state index contributed by atoms with van der Waals surface area (Å²) >= 11 is 0. The molecule has 0 aliphatic carbocycles. The summed E-state index contributed by atoms with van der Waals surface area (Å²) in [5.41, 5.74) is 0.436. The fraction of sp³-hybridized carbons (Fsp3) is 1.00. The van der Waals surface area contributed by atoms with Crippen LogP contribution in [-0.2, 0) is 14.6 Å². The van der Waals surface area contributed by atoms with E-state index in [0.717, 1.165) is 45.8 Å². The first-order chi connectivity index (χ1) is 11.7. The summed E-state index contributed by atoms with van der Waals surface area (Å²) in [5, 5.41) is 0. The van der Waals surface area contributed by atoms with E-state index < -0.39 is 14.6 Å². The summed E-state index contributed by atoms with van der Waals surface area (Å²) in [6, 6.07) is 0.633. The molecule has 0 unspecified atom stereocenters. The van der Waals surface area contributed by atoms with Gasteiger partial charge in [-0.15, -0.1) is 0 Å². The maximum Gasteiger partial charge on any atom is 0.155 e. The highest BCUT2D eigenvalue weighted by atomic mass is 32.2. The van der Waals surface area contributed by atoms with E-state index in [4.69, 9.17) is 4.74 Å². The van der Waals surface area contributed by atoms with Crippen molar-refractivity contribution in [2.75, 3.05) is 51.7 Å². The van der Waals surface area contributed by atoms with Gasteiger partial charge in [0.05, 0.1) is 23.7 Å². The summed E-state index contributed by atoms with van der Waals surface area (Å²) in [6.45, 7) is 15.0. The molecule has 3 aliphatic rings. The second-order valence-corrected chi connectivity index (χ2v) is 12.1. The van der Waals surface area contributed by atoms with Crippen LogP contribution in [0.2, 0.25) is 0 Å². The Morgan fingerprint density at radius 1 is 1.16 bits per heavy atom. The third-order valence-electron chi connectivity index (χ3n) is 6.90. The zero-order valence-electron chi connectivity index (χ0n) is 16.5. The van der Waals surface area contributed by atoms with Crippen LogP contribution in [0, 0.1) is 11.3 Å². The molecule has 0 aromatic heterocycles. The molecule has 0 amide bonds. The Labute approximate surface area is 154 Å². The molecule has 3 aliphatic heterocycles. The van der Waals surface area contributed by atoms with Gasteiger partial charge in [-0.3, -0.25) is 4.90 Å². The van der Waals surface area contributed by atoms with Crippen molar-refractivity contribution in [3.63, 3.8) is 0 Å². The lowest BCUT2D eigenvalue weighted by molar-refractivity contribution is 0.0505. The van der Waals surface area contributed by atoms with Gasteiger partial charge in [0, 0.05) is 18.5 Å². The van der Waals surface area contributed by atoms with Crippen molar-refractivity contribution >= 4 is 9.84 Å². The standard InChI is InChI=1S/C19H36N2O3S/c1-5-21-15-19(16-13-24-14-17(16)21)7-10-20(11-8-19)9-6-12-25(22,23)18(2,3)4/h16-17H,5-15H2,1-4H3/t16-,17+/m0/s1. The fourth-order valence-electron chi connectivity index (χ4n) is 5.01. The summed E-state index contributed by atoms with van der Waals surface area (Å²) in [4.78, 5) is 5.10. The van der Waals surface area contributed by atoms with Gasteiger partial charge in [-0.2, -0.15) is 0 Å². The minimum Gasteiger partial charge on any atom is -0.379 e. The zero-order chi connectivity index (χ0) is 18.3. The number of hydrogen-bond donors (Lipinski definition) is 0. The van der Waals surface area contributed by atoms with Crippen LogP contribution in [-0.4, -0.2) is 80.7 Å². The lowest BCUT2D eigenvalue weighted by Gasteiger charge is -2.42. The third-order valence-corrected chi connectivity index (χ3v) is 9.59. The van der Waals surface area contributed by atoms with Gasteiger partial charge in [-0.25, -0.2) is 8.42 Å². The predicted octanol–water partition coefficient (Wildman–Crippen LogP) is 2.02. The van der Waals surface area contributed by atoms with Gasteiger partial charge in [-0.1, -0.05) is 6.92 Å². The monoisotopic (exact) mass is 372 g/mol.